The Balaban J connectivity index is 2.53. The molecule has 0 aliphatic rings. The van der Waals surface area contributed by atoms with E-state index < -0.39 is 4.92 Å². The number of aromatic nitrogens is 2. The van der Waals surface area contributed by atoms with Crippen LogP contribution in [0.5, 0.6) is 0 Å². The van der Waals surface area contributed by atoms with Crippen molar-refractivity contribution in [2.24, 2.45) is 0 Å². The summed E-state index contributed by atoms with van der Waals surface area (Å²) in [5.74, 6) is 0.0860. The summed E-state index contributed by atoms with van der Waals surface area (Å²) in [4.78, 5) is 30.2. The zero-order chi connectivity index (χ0) is 12.8. The molecule has 1 amide bonds. The standard InChI is InChI=1S/C9H13N5O3/c1-3-13(2)8(15)6-12-9-10-4-7(5-11-9)14(16)17/h4-5H,3,6H2,1-2H3,(H,10,11,12). The van der Waals surface area contributed by atoms with Gasteiger partial charge in [-0.1, -0.05) is 0 Å². The van der Waals surface area contributed by atoms with Gasteiger partial charge in [-0.2, -0.15) is 0 Å². The summed E-state index contributed by atoms with van der Waals surface area (Å²) in [6.07, 6.45) is 2.17. The van der Waals surface area contributed by atoms with Crippen molar-refractivity contribution in [2.45, 2.75) is 6.92 Å². The minimum atomic E-state index is -0.584. The summed E-state index contributed by atoms with van der Waals surface area (Å²) in [6, 6.07) is 0. The maximum absolute atomic E-state index is 11.4. The van der Waals surface area contributed by atoms with Gasteiger partial charge in [-0.25, -0.2) is 9.97 Å². The molecule has 0 unspecified atom stereocenters. The van der Waals surface area contributed by atoms with Gasteiger partial charge in [0.15, 0.2) is 0 Å². The largest absolute Gasteiger partial charge is 0.345 e. The molecular weight excluding hydrogens is 226 g/mol. The molecule has 0 atom stereocenters. The lowest BCUT2D eigenvalue weighted by Crippen LogP contribution is -2.32. The monoisotopic (exact) mass is 239 g/mol. The van der Waals surface area contributed by atoms with Crippen molar-refractivity contribution in [3.8, 4) is 0 Å². The smallest absolute Gasteiger partial charge is 0.305 e. The number of carbonyl (C=O) groups is 1. The maximum Gasteiger partial charge on any atom is 0.305 e. The first-order valence-corrected chi connectivity index (χ1v) is 4.99. The van der Waals surface area contributed by atoms with E-state index in [4.69, 9.17) is 0 Å². The Hall–Kier alpha value is -2.25. The molecule has 0 fully saturated rings. The zero-order valence-electron chi connectivity index (χ0n) is 9.58. The molecule has 0 aliphatic heterocycles. The van der Waals surface area contributed by atoms with Crippen molar-refractivity contribution >= 4 is 17.5 Å². The highest BCUT2D eigenvalue weighted by molar-refractivity contribution is 5.80. The molecule has 1 aromatic heterocycles. The molecule has 0 saturated carbocycles. The Morgan fingerprint density at radius 3 is 2.59 bits per heavy atom. The average Bonchev–Trinajstić information content (AvgIpc) is 2.35. The molecular formula is C9H13N5O3. The summed E-state index contributed by atoms with van der Waals surface area (Å²) in [5.41, 5.74) is -0.187. The van der Waals surface area contributed by atoms with Crippen molar-refractivity contribution in [1.82, 2.24) is 14.9 Å². The third kappa shape index (κ3) is 3.67. The fourth-order valence-electron chi connectivity index (χ4n) is 0.973. The molecule has 92 valence electrons. The SMILES string of the molecule is CCN(C)C(=O)CNc1ncc([N+](=O)[O-])cn1. The van der Waals surface area contributed by atoms with Crippen LogP contribution in [-0.2, 0) is 4.79 Å². The Morgan fingerprint density at radius 1 is 1.53 bits per heavy atom. The van der Waals surface area contributed by atoms with E-state index in [-0.39, 0.29) is 24.1 Å². The van der Waals surface area contributed by atoms with Gasteiger partial charge in [0, 0.05) is 13.6 Å². The third-order valence-electron chi connectivity index (χ3n) is 2.15. The fourth-order valence-corrected chi connectivity index (χ4v) is 0.973. The second-order valence-corrected chi connectivity index (χ2v) is 3.28. The molecule has 1 heterocycles. The molecule has 8 nitrogen and oxygen atoms in total. The number of hydrogen-bond donors (Lipinski definition) is 1. The van der Waals surface area contributed by atoms with Crippen LogP contribution < -0.4 is 5.32 Å². The highest BCUT2D eigenvalue weighted by Crippen LogP contribution is 2.07. The van der Waals surface area contributed by atoms with E-state index in [1.165, 1.54) is 0 Å². The molecule has 0 aromatic carbocycles. The number of likely N-dealkylation sites (N-methyl/N-ethyl adjacent to an activating group) is 1. The van der Waals surface area contributed by atoms with Crippen LogP contribution in [0.25, 0.3) is 0 Å². The van der Waals surface area contributed by atoms with E-state index in [2.05, 4.69) is 15.3 Å². The van der Waals surface area contributed by atoms with Crippen LogP contribution >= 0.6 is 0 Å². The minimum absolute atomic E-state index is 0.0577. The number of nitro groups is 1. The third-order valence-corrected chi connectivity index (χ3v) is 2.15. The molecule has 0 radical (unpaired) electrons. The summed E-state index contributed by atoms with van der Waals surface area (Å²) < 4.78 is 0. The van der Waals surface area contributed by atoms with Crippen LogP contribution in [0.3, 0.4) is 0 Å². The fraction of sp³-hybridized carbons (Fsp3) is 0.444. The van der Waals surface area contributed by atoms with Gasteiger partial charge >= 0.3 is 5.69 Å². The number of nitrogens with zero attached hydrogens (tertiary/aromatic N) is 4. The van der Waals surface area contributed by atoms with Gasteiger partial charge in [-0.15, -0.1) is 0 Å². The Kier molecular flexibility index (Phi) is 4.32. The first kappa shape index (κ1) is 12.8. The predicted molar refractivity (Wildman–Crippen MR) is 60.5 cm³/mol. The summed E-state index contributed by atoms with van der Waals surface area (Å²) in [6.45, 7) is 2.53. The number of rotatable bonds is 5. The highest BCUT2D eigenvalue weighted by Gasteiger charge is 2.09. The Labute approximate surface area is 97.8 Å². The molecule has 8 heteroatoms. The lowest BCUT2D eigenvalue weighted by Gasteiger charge is -2.14. The van der Waals surface area contributed by atoms with Crippen LogP contribution in [-0.4, -0.2) is 45.8 Å². The van der Waals surface area contributed by atoms with Crippen molar-refractivity contribution < 1.29 is 9.72 Å². The van der Waals surface area contributed by atoms with Crippen LogP contribution in [0.2, 0.25) is 0 Å². The molecule has 1 N–H and O–H groups in total. The van der Waals surface area contributed by atoms with E-state index in [0.29, 0.717) is 6.54 Å². The van der Waals surface area contributed by atoms with Crippen LogP contribution in [0, 0.1) is 10.1 Å². The number of hydrogen-bond acceptors (Lipinski definition) is 6. The molecule has 1 aromatic rings. The number of carbonyl (C=O) groups excluding carboxylic acids is 1. The normalized spacial score (nSPS) is 9.76. The quantitative estimate of drug-likeness (QED) is 0.584. The van der Waals surface area contributed by atoms with Gasteiger partial charge in [-0.3, -0.25) is 14.9 Å². The Morgan fingerprint density at radius 2 is 2.12 bits per heavy atom. The number of anilines is 1. The molecule has 0 bridgehead atoms. The maximum atomic E-state index is 11.4. The lowest BCUT2D eigenvalue weighted by molar-refractivity contribution is -0.385. The first-order chi connectivity index (χ1) is 8.04. The minimum Gasteiger partial charge on any atom is -0.345 e. The first-order valence-electron chi connectivity index (χ1n) is 4.99. The Bertz CT molecular complexity index is 406. The van der Waals surface area contributed by atoms with Gasteiger partial charge in [0.1, 0.15) is 12.4 Å². The van der Waals surface area contributed by atoms with Gasteiger partial charge in [0.25, 0.3) is 0 Å². The van der Waals surface area contributed by atoms with Gasteiger partial charge < -0.3 is 10.2 Å². The van der Waals surface area contributed by atoms with Crippen LogP contribution in [0.1, 0.15) is 6.92 Å². The number of amides is 1. The molecule has 0 aliphatic carbocycles. The summed E-state index contributed by atoms with van der Waals surface area (Å²) >= 11 is 0. The van der Waals surface area contributed by atoms with Gasteiger partial charge in [-0.05, 0) is 6.92 Å². The van der Waals surface area contributed by atoms with Crippen LogP contribution in [0.4, 0.5) is 11.6 Å². The average molecular weight is 239 g/mol. The second-order valence-electron chi connectivity index (χ2n) is 3.28. The van der Waals surface area contributed by atoms with E-state index in [9.17, 15) is 14.9 Å². The van der Waals surface area contributed by atoms with E-state index in [0.717, 1.165) is 12.4 Å². The van der Waals surface area contributed by atoms with Crippen molar-refractivity contribution in [1.29, 1.82) is 0 Å². The molecule has 0 spiro atoms. The van der Waals surface area contributed by atoms with E-state index in [1.54, 1.807) is 11.9 Å². The van der Waals surface area contributed by atoms with Crippen molar-refractivity contribution in [3.05, 3.63) is 22.5 Å². The number of nitrogens with one attached hydrogen (secondary N) is 1. The van der Waals surface area contributed by atoms with Gasteiger partial charge in [0.2, 0.25) is 11.9 Å². The van der Waals surface area contributed by atoms with Crippen LogP contribution in [0.15, 0.2) is 12.4 Å². The second kappa shape index (κ2) is 5.73. The molecule has 17 heavy (non-hydrogen) atoms. The highest BCUT2D eigenvalue weighted by atomic mass is 16.6. The summed E-state index contributed by atoms with van der Waals surface area (Å²) in [5, 5.41) is 13.0. The van der Waals surface area contributed by atoms with Gasteiger partial charge in [0.05, 0.1) is 11.5 Å². The molecule has 0 saturated heterocycles. The van der Waals surface area contributed by atoms with Crippen molar-refractivity contribution in [2.75, 3.05) is 25.5 Å². The topological polar surface area (TPSA) is 101 Å². The predicted octanol–water partition coefficient (Wildman–Crippen LogP) is 0.275. The summed E-state index contributed by atoms with van der Waals surface area (Å²) in [7, 11) is 1.68. The van der Waals surface area contributed by atoms with Crippen molar-refractivity contribution in [3.63, 3.8) is 0 Å². The molecule has 1 rings (SSSR count). The van der Waals surface area contributed by atoms with E-state index >= 15 is 0 Å². The zero-order valence-corrected chi connectivity index (χ0v) is 9.58. The van der Waals surface area contributed by atoms with E-state index in [1.807, 2.05) is 6.92 Å². The lowest BCUT2D eigenvalue weighted by atomic mass is 10.5.